The molecule has 1 saturated heterocycles. The Labute approximate surface area is 151 Å². The minimum Gasteiger partial charge on any atom is -0.461 e. The van der Waals surface area contributed by atoms with Crippen molar-refractivity contribution in [2.45, 2.75) is 26.7 Å². The normalized spacial score (nSPS) is 17.2. The van der Waals surface area contributed by atoms with E-state index in [1.807, 2.05) is 4.90 Å². The molecule has 1 aromatic carbocycles. The summed E-state index contributed by atoms with van der Waals surface area (Å²) in [6.07, 6.45) is 2.11. The molecule has 0 unspecified atom stereocenters. The lowest BCUT2D eigenvalue weighted by Crippen LogP contribution is -2.37. The van der Waals surface area contributed by atoms with Gasteiger partial charge in [0.15, 0.2) is 5.69 Å². The second kappa shape index (κ2) is 7.68. The fraction of sp³-hybridized carbons (Fsp3) is 0.421. The lowest BCUT2D eigenvalue weighted by atomic mass is 9.99. The highest BCUT2D eigenvalue weighted by molar-refractivity contribution is 5.93. The third kappa shape index (κ3) is 3.76. The van der Waals surface area contributed by atoms with E-state index in [1.165, 1.54) is 30.3 Å². The number of anilines is 1. The van der Waals surface area contributed by atoms with Crippen molar-refractivity contribution in [1.82, 2.24) is 9.78 Å². The van der Waals surface area contributed by atoms with Gasteiger partial charge in [-0.15, -0.1) is 0 Å². The topological polar surface area (TPSA) is 64.4 Å². The summed E-state index contributed by atoms with van der Waals surface area (Å²) in [6.45, 7) is 5.60. The Morgan fingerprint density at radius 2 is 2.08 bits per heavy atom. The molecule has 0 radical (unpaired) electrons. The molecule has 1 aromatic heterocycles. The Morgan fingerprint density at radius 1 is 1.35 bits per heavy atom. The summed E-state index contributed by atoms with van der Waals surface area (Å²) in [5, 5.41) is 4.26. The van der Waals surface area contributed by atoms with Crippen LogP contribution in [0.1, 0.15) is 37.2 Å². The van der Waals surface area contributed by atoms with Gasteiger partial charge in [0, 0.05) is 19.2 Å². The van der Waals surface area contributed by atoms with Gasteiger partial charge in [-0.05, 0) is 49.9 Å². The fourth-order valence-electron chi connectivity index (χ4n) is 3.21. The second-order valence-corrected chi connectivity index (χ2v) is 6.52. The number of ether oxygens (including phenoxy) is 1. The number of esters is 1. The summed E-state index contributed by atoms with van der Waals surface area (Å²) < 4.78 is 19.4. The monoisotopic (exact) mass is 359 g/mol. The van der Waals surface area contributed by atoms with E-state index in [-0.39, 0.29) is 17.9 Å². The summed E-state index contributed by atoms with van der Waals surface area (Å²) in [4.78, 5) is 27.1. The number of carbonyl (C=O) groups is 1. The summed E-state index contributed by atoms with van der Waals surface area (Å²) in [5.74, 6) is -0.513. The van der Waals surface area contributed by atoms with Gasteiger partial charge in [0.1, 0.15) is 5.82 Å². The Hall–Kier alpha value is -2.70. The number of rotatable bonds is 4. The SMILES string of the molecule is CCOC(=O)c1nn(-c2ccc(F)cc2)c(=O)cc1N1CCC[C@@H](C)C1. The fourth-order valence-corrected chi connectivity index (χ4v) is 3.21. The maximum atomic E-state index is 13.2. The van der Waals surface area contributed by atoms with E-state index in [4.69, 9.17) is 4.74 Å². The number of hydrogen-bond acceptors (Lipinski definition) is 5. The smallest absolute Gasteiger partial charge is 0.360 e. The van der Waals surface area contributed by atoms with Crippen molar-refractivity contribution >= 4 is 11.7 Å². The number of halogens is 1. The molecule has 3 rings (SSSR count). The first-order chi connectivity index (χ1) is 12.5. The Morgan fingerprint density at radius 3 is 2.73 bits per heavy atom. The lowest BCUT2D eigenvalue weighted by molar-refractivity contribution is 0.0517. The number of nitrogens with zero attached hydrogens (tertiary/aromatic N) is 3. The van der Waals surface area contributed by atoms with Crippen LogP contribution >= 0.6 is 0 Å². The van der Waals surface area contributed by atoms with Gasteiger partial charge in [-0.2, -0.15) is 9.78 Å². The molecule has 0 aliphatic carbocycles. The van der Waals surface area contributed by atoms with Crippen LogP contribution in [-0.4, -0.2) is 35.4 Å². The van der Waals surface area contributed by atoms with E-state index >= 15 is 0 Å². The molecule has 26 heavy (non-hydrogen) atoms. The molecule has 1 fully saturated rings. The Kier molecular flexibility index (Phi) is 5.35. The van der Waals surface area contributed by atoms with Crippen LogP contribution in [0.25, 0.3) is 5.69 Å². The highest BCUT2D eigenvalue weighted by Crippen LogP contribution is 2.25. The minimum absolute atomic E-state index is 0.102. The molecule has 138 valence electrons. The van der Waals surface area contributed by atoms with Crippen molar-refractivity contribution < 1.29 is 13.9 Å². The average molecular weight is 359 g/mol. The maximum Gasteiger partial charge on any atom is 0.360 e. The standard InChI is InChI=1S/C19H22FN3O3/c1-3-26-19(25)18-16(22-10-4-5-13(2)12-22)11-17(24)23(21-18)15-8-6-14(20)7-9-15/h6-9,11,13H,3-5,10,12H2,1-2H3/t13-/m1/s1. The van der Waals surface area contributed by atoms with Crippen LogP contribution in [0.15, 0.2) is 35.1 Å². The molecule has 1 aliphatic rings. The predicted molar refractivity (Wildman–Crippen MR) is 96.4 cm³/mol. The molecule has 0 N–H and O–H groups in total. The number of hydrogen-bond donors (Lipinski definition) is 0. The molecule has 7 heteroatoms. The van der Waals surface area contributed by atoms with Crippen LogP contribution in [0.2, 0.25) is 0 Å². The first-order valence-electron chi connectivity index (χ1n) is 8.82. The molecule has 0 amide bonds. The van der Waals surface area contributed by atoms with Crippen LogP contribution in [-0.2, 0) is 4.74 Å². The van der Waals surface area contributed by atoms with Crippen molar-refractivity contribution in [3.05, 3.63) is 52.2 Å². The van der Waals surface area contributed by atoms with Gasteiger partial charge in [0.2, 0.25) is 0 Å². The van der Waals surface area contributed by atoms with Crippen LogP contribution < -0.4 is 10.5 Å². The number of carbonyl (C=O) groups excluding carboxylic acids is 1. The van der Waals surface area contributed by atoms with Gasteiger partial charge in [0.25, 0.3) is 5.56 Å². The number of benzene rings is 1. The van der Waals surface area contributed by atoms with E-state index in [1.54, 1.807) is 6.92 Å². The molecule has 2 heterocycles. The number of piperidine rings is 1. The van der Waals surface area contributed by atoms with Crippen molar-refractivity contribution in [3.8, 4) is 5.69 Å². The van der Waals surface area contributed by atoms with Crippen LogP contribution in [0, 0.1) is 11.7 Å². The van der Waals surface area contributed by atoms with E-state index in [9.17, 15) is 14.0 Å². The third-order valence-electron chi connectivity index (χ3n) is 4.45. The molecule has 1 atom stereocenters. The van der Waals surface area contributed by atoms with Gasteiger partial charge in [-0.1, -0.05) is 6.92 Å². The van der Waals surface area contributed by atoms with Crippen LogP contribution in [0.3, 0.4) is 0 Å². The largest absolute Gasteiger partial charge is 0.461 e. The summed E-state index contributed by atoms with van der Waals surface area (Å²) >= 11 is 0. The first-order valence-corrected chi connectivity index (χ1v) is 8.82. The Bertz CT molecular complexity index is 848. The molecule has 2 aromatic rings. The zero-order chi connectivity index (χ0) is 18.7. The van der Waals surface area contributed by atoms with Gasteiger partial charge < -0.3 is 9.64 Å². The molecule has 0 saturated carbocycles. The quantitative estimate of drug-likeness (QED) is 0.786. The molecule has 0 bridgehead atoms. The van der Waals surface area contributed by atoms with E-state index in [0.29, 0.717) is 17.3 Å². The van der Waals surface area contributed by atoms with Crippen LogP contribution in [0.5, 0.6) is 0 Å². The molecule has 6 nitrogen and oxygen atoms in total. The molecular weight excluding hydrogens is 337 g/mol. The van der Waals surface area contributed by atoms with Crippen molar-refractivity contribution in [3.63, 3.8) is 0 Å². The Balaban J connectivity index is 2.09. The van der Waals surface area contributed by atoms with E-state index in [0.717, 1.165) is 30.6 Å². The first kappa shape index (κ1) is 18.1. The van der Waals surface area contributed by atoms with Gasteiger partial charge in [-0.25, -0.2) is 9.18 Å². The average Bonchev–Trinajstić information content (AvgIpc) is 2.62. The zero-order valence-corrected chi connectivity index (χ0v) is 14.9. The van der Waals surface area contributed by atoms with Gasteiger partial charge in [-0.3, -0.25) is 4.79 Å². The molecule has 1 aliphatic heterocycles. The van der Waals surface area contributed by atoms with Crippen LogP contribution in [0.4, 0.5) is 10.1 Å². The van der Waals surface area contributed by atoms with Gasteiger partial charge >= 0.3 is 5.97 Å². The predicted octanol–water partition coefficient (Wildman–Crippen LogP) is 2.78. The van der Waals surface area contributed by atoms with Crippen molar-refractivity contribution in [2.24, 2.45) is 5.92 Å². The minimum atomic E-state index is -0.573. The van der Waals surface area contributed by atoms with E-state index in [2.05, 4.69) is 12.0 Å². The zero-order valence-electron chi connectivity index (χ0n) is 14.9. The lowest BCUT2D eigenvalue weighted by Gasteiger charge is -2.33. The molecular formula is C19H22FN3O3. The summed E-state index contributed by atoms with van der Waals surface area (Å²) in [6, 6.07) is 6.80. The summed E-state index contributed by atoms with van der Waals surface area (Å²) in [5.41, 5.74) is 0.613. The molecule has 0 spiro atoms. The maximum absolute atomic E-state index is 13.2. The van der Waals surface area contributed by atoms with E-state index < -0.39 is 11.8 Å². The number of aromatic nitrogens is 2. The second-order valence-electron chi connectivity index (χ2n) is 6.52. The van der Waals surface area contributed by atoms with Crippen molar-refractivity contribution in [2.75, 3.05) is 24.6 Å². The highest BCUT2D eigenvalue weighted by Gasteiger charge is 2.25. The highest BCUT2D eigenvalue weighted by atomic mass is 19.1. The summed E-state index contributed by atoms with van der Waals surface area (Å²) in [7, 11) is 0. The van der Waals surface area contributed by atoms with Gasteiger partial charge in [0.05, 0.1) is 18.0 Å². The van der Waals surface area contributed by atoms with Crippen molar-refractivity contribution in [1.29, 1.82) is 0 Å². The third-order valence-corrected chi connectivity index (χ3v) is 4.45.